The van der Waals surface area contributed by atoms with Crippen LogP contribution in [-0.4, -0.2) is 29.1 Å². The lowest BCUT2D eigenvalue weighted by Gasteiger charge is -2.59. The second-order valence-corrected chi connectivity index (χ2v) is 9.18. The molecular weight excluding hydrogens is 391 g/mol. The first-order valence-electron chi connectivity index (χ1n) is 9.17. The molecule has 4 saturated carbocycles. The molecule has 4 bridgehead atoms. The van der Waals surface area contributed by atoms with Crippen molar-refractivity contribution in [2.45, 2.75) is 44.1 Å². The molecule has 0 spiro atoms. The summed E-state index contributed by atoms with van der Waals surface area (Å²) in [4.78, 5) is 24.8. The van der Waals surface area contributed by atoms with Crippen molar-refractivity contribution in [1.29, 1.82) is 0 Å². The van der Waals surface area contributed by atoms with Crippen LogP contribution >= 0.6 is 23.2 Å². The van der Waals surface area contributed by atoms with Gasteiger partial charge in [0, 0.05) is 5.02 Å². The fourth-order valence-electron chi connectivity index (χ4n) is 5.51. The van der Waals surface area contributed by atoms with E-state index >= 15 is 0 Å². The topological polar surface area (TPSA) is 87.7 Å². The molecule has 8 heteroatoms. The Labute approximate surface area is 167 Å². The SMILES string of the molecule is O=C(COc1ccc(Cl)cc1Cl)NNC(=O)C12C[C@@H]3C[C@@H](CC(O)(C3)C1)C2. The van der Waals surface area contributed by atoms with Gasteiger partial charge in [0.05, 0.1) is 16.0 Å². The highest BCUT2D eigenvalue weighted by Crippen LogP contribution is 2.61. The van der Waals surface area contributed by atoms with Crippen LogP contribution in [-0.2, 0) is 9.59 Å². The Morgan fingerprint density at radius 1 is 1.15 bits per heavy atom. The van der Waals surface area contributed by atoms with E-state index in [0.29, 0.717) is 34.1 Å². The average molecular weight is 413 g/mol. The van der Waals surface area contributed by atoms with Crippen LogP contribution in [0, 0.1) is 17.3 Å². The maximum absolute atomic E-state index is 12.8. The second kappa shape index (κ2) is 6.83. The zero-order valence-corrected chi connectivity index (χ0v) is 16.3. The van der Waals surface area contributed by atoms with Gasteiger partial charge in [-0.3, -0.25) is 20.4 Å². The number of rotatable bonds is 4. The number of nitrogens with one attached hydrogen (secondary N) is 2. The molecule has 4 atom stereocenters. The van der Waals surface area contributed by atoms with Gasteiger partial charge in [-0.15, -0.1) is 0 Å². The van der Waals surface area contributed by atoms with Gasteiger partial charge in [-0.1, -0.05) is 23.2 Å². The number of carbonyl (C=O) groups is 2. The largest absolute Gasteiger partial charge is 0.482 e. The lowest BCUT2D eigenvalue weighted by molar-refractivity contribution is -0.179. The molecule has 0 radical (unpaired) electrons. The van der Waals surface area contributed by atoms with Crippen molar-refractivity contribution in [3.05, 3.63) is 28.2 Å². The van der Waals surface area contributed by atoms with Gasteiger partial charge < -0.3 is 9.84 Å². The third-order valence-electron chi connectivity index (χ3n) is 6.08. The Morgan fingerprint density at radius 3 is 2.48 bits per heavy atom. The highest BCUT2D eigenvalue weighted by Gasteiger charge is 2.60. The van der Waals surface area contributed by atoms with Crippen molar-refractivity contribution < 1.29 is 19.4 Å². The summed E-state index contributed by atoms with van der Waals surface area (Å²) in [6.07, 6.45) is 4.72. The number of hydrazine groups is 1. The molecule has 0 aromatic heterocycles. The first kappa shape index (κ1) is 18.8. The molecule has 2 unspecified atom stereocenters. The van der Waals surface area contributed by atoms with Crippen molar-refractivity contribution in [2.24, 2.45) is 17.3 Å². The van der Waals surface area contributed by atoms with E-state index in [1.165, 1.54) is 6.07 Å². The normalized spacial score (nSPS) is 33.6. The van der Waals surface area contributed by atoms with Gasteiger partial charge >= 0.3 is 0 Å². The van der Waals surface area contributed by atoms with Crippen molar-refractivity contribution in [2.75, 3.05) is 6.61 Å². The van der Waals surface area contributed by atoms with Crippen molar-refractivity contribution in [3.8, 4) is 5.75 Å². The smallest absolute Gasteiger partial charge is 0.276 e. The van der Waals surface area contributed by atoms with E-state index < -0.39 is 16.9 Å². The lowest BCUT2D eigenvalue weighted by Crippen LogP contribution is -2.62. The minimum atomic E-state index is -0.722. The molecule has 1 aromatic rings. The summed E-state index contributed by atoms with van der Waals surface area (Å²) >= 11 is 11.8. The lowest BCUT2D eigenvalue weighted by atomic mass is 9.47. The number of carbonyl (C=O) groups excluding carboxylic acids is 2. The van der Waals surface area contributed by atoms with Gasteiger partial charge in [0.15, 0.2) is 6.61 Å². The first-order valence-corrected chi connectivity index (χ1v) is 9.92. The van der Waals surface area contributed by atoms with Gasteiger partial charge in [0.25, 0.3) is 5.91 Å². The number of hydrogen-bond donors (Lipinski definition) is 3. The molecular formula is C19H22Cl2N2O4. The van der Waals surface area contributed by atoms with Crippen molar-refractivity contribution in [1.82, 2.24) is 10.9 Å². The summed E-state index contributed by atoms with van der Waals surface area (Å²) in [7, 11) is 0. The Morgan fingerprint density at radius 2 is 1.85 bits per heavy atom. The van der Waals surface area contributed by atoms with Crippen LogP contribution in [0.4, 0.5) is 0 Å². The van der Waals surface area contributed by atoms with Crippen molar-refractivity contribution in [3.63, 3.8) is 0 Å². The van der Waals surface area contributed by atoms with E-state index in [9.17, 15) is 14.7 Å². The summed E-state index contributed by atoms with van der Waals surface area (Å²) in [6, 6.07) is 4.71. The molecule has 4 aliphatic rings. The molecule has 146 valence electrons. The molecule has 2 amide bonds. The van der Waals surface area contributed by atoms with Crippen LogP contribution in [0.1, 0.15) is 38.5 Å². The Bertz CT molecular complexity index is 771. The van der Waals surface area contributed by atoms with Gasteiger partial charge in [-0.2, -0.15) is 0 Å². The number of aliphatic hydroxyl groups is 1. The van der Waals surface area contributed by atoms with Crippen LogP contribution in [0.3, 0.4) is 0 Å². The van der Waals surface area contributed by atoms with Crippen LogP contribution < -0.4 is 15.6 Å². The van der Waals surface area contributed by atoms with Crippen LogP contribution in [0.25, 0.3) is 0 Å². The minimum Gasteiger partial charge on any atom is -0.482 e. The highest BCUT2D eigenvalue weighted by atomic mass is 35.5. The molecule has 27 heavy (non-hydrogen) atoms. The maximum atomic E-state index is 12.8. The molecule has 6 nitrogen and oxygen atoms in total. The summed E-state index contributed by atoms with van der Waals surface area (Å²) in [6.45, 7) is -0.288. The number of benzene rings is 1. The third kappa shape index (κ3) is 3.75. The van der Waals surface area contributed by atoms with E-state index in [1.807, 2.05) is 0 Å². The molecule has 0 aliphatic heterocycles. The molecule has 5 rings (SSSR count). The van der Waals surface area contributed by atoms with Gasteiger partial charge in [-0.05, 0) is 68.6 Å². The fourth-order valence-corrected chi connectivity index (χ4v) is 5.97. The zero-order chi connectivity index (χ0) is 19.2. The first-order chi connectivity index (χ1) is 12.8. The Kier molecular flexibility index (Phi) is 4.77. The fraction of sp³-hybridized carbons (Fsp3) is 0.579. The van der Waals surface area contributed by atoms with Gasteiger partial charge in [0.1, 0.15) is 5.75 Å². The zero-order valence-electron chi connectivity index (χ0n) is 14.8. The molecule has 1 aromatic carbocycles. The summed E-state index contributed by atoms with van der Waals surface area (Å²) in [5.41, 5.74) is 3.64. The summed E-state index contributed by atoms with van der Waals surface area (Å²) in [5, 5.41) is 11.5. The average Bonchev–Trinajstić information content (AvgIpc) is 2.56. The molecule has 4 fully saturated rings. The van der Waals surface area contributed by atoms with E-state index in [-0.39, 0.29) is 12.5 Å². The number of halogens is 2. The molecule has 0 saturated heterocycles. The van der Waals surface area contributed by atoms with E-state index in [0.717, 1.165) is 32.1 Å². The number of ether oxygens (including phenoxy) is 1. The Balaban J connectivity index is 1.31. The summed E-state index contributed by atoms with van der Waals surface area (Å²) in [5.74, 6) is 0.428. The minimum absolute atomic E-state index is 0.215. The summed E-state index contributed by atoms with van der Waals surface area (Å²) < 4.78 is 5.36. The van der Waals surface area contributed by atoms with E-state index in [1.54, 1.807) is 12.1 Å². The van der Waals surface area contributed by atoms with Gasteiger partial charge in [-0.25, -0.2) is 0 Å². The van der Waals surface area contributed by atoms with Crippen LogP contribution in [0.15, 0.2) is 18.2 Å². The van der Waals surface area contributed by atoms with Crippen molar-refractivity contribution >= 4 is 35.0 Å². The number of amides is 2. The Hall–Kier alpha value is -1.50. The number of hydrogen-bond acceptors (Lipinski definition) is 4. The molecule has 3 N–H and O–H groups in total. The molecule has 4 aliphatic carbocycles. The standard InChI is InChI=1S/C19H22Cl2N2O4/c20-13-1-2-15(14(21)4-13)27-9-16(24)22-23-17(25)18-5-11-3-12(6-18)8-19(26,7-11)10-18/h1-2,4,11-12,26H,3,5-10H2,(H,22,24)(H,23,25)/t11-,12+,18?,19?. The highest BCUT2D eigenvalue weighted by molar-refractivity contribution is 6.35. The van der Waals surface area contributed by atoms with Crippen LogP contribution in [0.5, 0.6) is 5.75 Å². The van der Waals surface area contributed by atoms with Gasteiger partial charge in [0.2, 0.25) is 5.91 Å². The predicted molar refractivity (Wildman–Crippen MR) is 100 cm³/mol. The molecule has 0 heterocycles. The van der Waals surface area contributed by atoms with Crippen LogP contribution in [0.2, 0.25) is 10.0 Å². The maximum Gasteiger partial charge on any atom is 0.276 e. The van der Waals surface area contributed by atoms with E-state index in [4.69, 9.17) is 27.9 Å². The monoisotopic (exact) mass is 412 g/mol. The van der Waals surface area contributed by atoms with E-state index in [2.05, 4.69) is 10.9 Å². The second-order valence-electron chi connectivity index (χ2n) is 8.33. The quantitative estimate of drug-likeness (QED) is 0.663. The predicted octanol–water partition coefficient (Wildman–Crippen LogP) is 2.85. The third-order valence-corrected chi connectivity index (χ3v) is 6.61.